The van der Waals surface area contributed by atoms with Crippen molar-refractivity contribution in [1.82, 2.24) is 9.88 Å². The summed E-state index contributed by atoms with van der Waals surface area (Å²) in [6, 6.07) is 1.17. The minimum atomic E-state index is -4.42. The Hall–Kier alpha value is -1.83. The summed E-state index contributed by atoms with van der Waals surface area (Å²) >= 11 is 0. The first-order chi connectivity index (χ1) is 9.31. The van der Waals surface area contributed by atoms with Gasteiger partial charge in [-0.25, -0.2) is 0 Å². The number of alkyl halides is 3. The van der Waals surface area contributed by atoms with E-state index < -0.39 is 18.6 Å². The maximum absolute atomic E-state index is 12.6. The van der Waals surface area contributed by atoms with Gasteiger partial charge in [-0.2, -0.15) is 13.2 Å². The van der Waals surface area contributed by atoms with Gasteiger partial charge in [0.2, 0.25) is 0 Å². The van der Waals surface area contributed by atoms with E-state index in [1.54, 1.807) is 6.92 Å². The number of pyridine rings is 1. The van der Waals surface area contributed by atoms with Gasteiger partial charge in [0.05, 0.1) is 11.3 Å². The molecule has 1 aromatic rings. The largest absolute Gasteiger partial charge is 0.406 e. The van der Waals surface area contributed by atoms with Crippen LogP contribution >= 0.6 is 0 Å². The first-order valence-corrected chi connectivity index (χ1v) is 6.13. The Labute approximate surface area is 113 Å². The number of anilines is 1. The Morgan fingerprint density at radius 1 is 1.55 bits per heavy atom. The average Bonchev–Trinajstić information content (AvgIpc) is 3.18. The number of hydrogen-bond acceptors (Lipinski definition) is 4. The van der Waals surface area contributed by atoms with Crippen LogP contribution in [0.5, 0.6) is 0 Å². The summed E-state index contributed by atoms with van der Waals surface area (Å²) in [5.74, 6) is 4.60. The van der Waals surface area contributed by atoms with Crippen LogP contribution in [0.25, 0.3) is 0 Å². The molecule has 0 aliphatic heterocycles. The normalized spacial score (nSPS) is 15.1. The van der Waals surface area contributed by atoms with Gasteiger partial charge in [-0.1, -0.05) is 0 Å². The third-order valence-corrected chi connectivity index (χ3v) is 3.02. The van der Waals surface area contributed by atoms with Gasteiger partial charge < -0.3 is 10.3 Å². The summed E-state index contributed by atoms with van der Waals surface area (Å²) in [6.45, 7) is 0.442. The van der Waals surface area contributed by atoms with Crippen molar-refractivity contribution in [3.8, 4) is 0 Å². The maximum Gasteiger partial charge on any atom is 0.406 e. The van der Waals surface area contributed by atoms with Crippen LogP contribution in [0.3, 0.4) is 0 Å². The predicted octanol–water partition coefficient (Wildman–Crippen LogP) is 1.84. The lowest BCUT2D eigenvalue weighted by Crippen LogP contribution is -2.41. The maximum atomic E-state index is 12.6. The molecular weight excluding hydrogens is 273 g/mol. The summed E-state index contributed by atoms with van der Waals surface area (Å²) in [5, 5.41) is 0. The van der Waals surface area contributed by atoms with Crippen LogP contribution in [-0.4, -0.2) is 34.6 Å². The van der Waals surface area contributed by atoms with E-state index in [-0.39, 0.29) is 17.3 Å². The summed E-state index contributed by atoms with van der Waals surface area (Å²) in [6.07, 6.45) is -2.00. The van der Waals surface area contributed by atoms with Gasteiger partial charge >= 0.3 is 6.18 Å². The van der Waals surface area contributed by atoms with Crippen LogP contribution in [0.15, 0.2) is 12.3 Å². The first-order valence-electron chi connectivity index (χ1n) is 6.13. The molecule has 1 aliphatic carbocycles. The van der Waals surface area contributed by atoms with E-state index in [2.05, 4.69) is 10.4 Å². The van der Waals surface area contributed by atoms with Crippen molar-refractivity contribution >= 4 is 11.6 Å². The molecule has 0 aromatic carbocycles. The first kappa shape index (κ1) is 14.6. The highest BCUT2D eigenvalue weighted by atomic mass is 19.4. The molecule has 1 aromatic heterocycles. The van der Waals surface area contributed by atoms with Crippen LogP contribution in [0.2, 0.25) is 0 Å². The molecule has 0 radical (unpaired) electrons. The van der Waals surface area contributed by atoms with Crippen molar-refractivity contribution in [2.24, 2.45) is 5.84 Å². The number of nitrogens with one attached hydrogen (secondary N) is 1. The third-order valence-electron chi connectivity index (χ3n) is 3.02. The van der Waals surface area contributed by atoms with Crippen molar-refractivity contribution in [2.75, 3.05) is 12.0 Å². The zero-order valence-corrected chi connectivity index (χ0v) is 10.9. The highest BCUT2D eigenvalue weighted by molar-refractivity contribution is 5.99. The highest BCUT2D eigenvalue weighted by Crippen LogP contribution is 2.32. The van der Waals surface area contributed by atoms with E-state index in [0.29, 0.717) is 18.5 Å². The number of carbonyl (C=O) groups is 1. The quantitative estimate of drug-likeness (QED) is 0.655. The van der Waals surface area contributed by atoms with Gasteiger partial charge in [-0.05, 0) is 25.8 Å². The second kappa shape index (κ2) is 5.28. The molecule has 0 saturated heterocycles. The number of nitrogens with zero attached hydrogens (tertiary/aromatic N) is 2. The second-order valence-electron chi connectivity index (χ2n) is 4.80. The zero-order valence-electron chi connectivity index (χ0n) is 10.9. The SMILES string of the molecule is Cc1cc(NN)c(C(=O)N(CC(F)(F)F)C2CC2)cn1. The molecule has 8 heteroatoms. The molecule has 1 saturated carbocycles. The number of rotatable bonds is 4. The van der Waals surface area contributed by atoms with E-state index in [9.17, 15) is 18.0 Å². The molecule has 20 heavy (non-hydrogen) atoms. The molecule has 1 aliphatic rings. The molecule has 1 heterocycles. The number of aryl methyl sites for hydroxylation is 1. The molecule has 0 unspecified atom stereocenters. The van der Waals surface area contributed by atoms with Crippen molar-refractivity contribution in [3.63, 3.8) is 0 Å². The molecule has 1 fully saturated rings. The number of aromatic nitrogens is 1. The minimum absolute atomic E-state index is 0.0502. The predicted molar refractivity (Wildman–Crippen MR) is 66.9 cm³/mol. The van der Waals surface area contributed by atoms with Gasteiger partial charge in [-0.15, -0.1) is 0 Å². The van der Waals surface area contributed by atoms with Crippen LogP contribution in [0, 0.1) is 6.92 Å². The van der Waals surface area contributed by atoms with Gasteiger partial charge in [0.15, 0.2) is 0 Å². The Balaban J connectivity index is 2.28. The molecule has 0 spiro atoms. The number of hydrazine groups is 1. The number of hydrogen-bond donors (Lipinski definition) is 2. The minimum Gasteiger partial charge on any atom is -0.326 e. The summed E-state index contributed by atoms with van der Waals surface area (Å²) in [7, 11) is 0. The van der Waals surface area contributed by atoms with Crippen molar-refractivity contribution in [1.29, 1.82) is 0 Å². The Bertz CT molecular complexity index is 514. The summed E-state index contributed by atoms with van der Waals surface area (Å²) < 4.78 is 37.7. The Morgan fingerprint density at radius 2 is 2.20 bits per heavy atom. The number of carbonyl (C=O) groups excluding carboxylic acids is 1. The molecule has 110 valence electrons. The zero-order chi connectivity index (χ0) is 14.9. The lowest BCUT2D eigenvalue weighted by atomic mass is 10.2. The van der Waals surface area contributed by atoms with E-state index >= 15 is 0 Å². The van der Waals surface area contributed by atoms with Crippen LogP contribution < -0.4 is 11.3 Å². The van der Waals surface area contributed by atoms with Crippen molar-refractivity contribution in [3.05, 3.63) is 23.5 Å². The molecule has 5 nitrogen and oxygen atoms in total. The van der Waals surface area contributed by atoms with E-state index in [0.717, 1.165) is 4.90 Å². The fraction of sp³-hybridized carbons (Fsp3) is 0.500. The Morgan fingerprint density at radius 3 is 2.70 bits per heavy atom. The van der Waals surface area contributed by atoms with E-state index in [1.165, 1.54) is 12.3 Å². The summed E-state index contributed by atoms with van der Waals surface area (Å²) in [4.78, 5) is 17.1. The smallest absolute Gasteiger partial charge is 0.326 e. The van der Waals surface area contributed by atoms with Gasteiger partial charge in [0.1, 0.15) is 6.54 Å². The van der Waals surface area contributed by atoms with E-state index in [4.69, 9.17) is 5.84 Å². The lowest BCUT2D eigenvalue weighted by Gasteiger charge is -2.24. The standard InChI is InChI=1S/C12H15F3N4O/c1-7-4-10(18-16)9(5-17-7)11(20)19(8-2-3-8)6-12(13,14)15/h4-5,8H,2-3,6,16H2,1H3,(H,17,18). The molecule has 0 atom stereocenters. The van der Waals surface area contributed by atoms with Crippen LogP contribution in [0.4, 0.5) is 18.9 Å². The van der Waals surface area contributed by atoms with Crippen LogP contribution in [0.1, 0.15) is 28.9 Å². The molecule has 2 rings (SSSR count). The lowest BCUT2D eigenvalue weighted by molar-refractivity contribution is -0.141. The average molecular weight is 288 g/mol. The van der Waals surface area contributed by atoms with Gasteiger partial charge in [-0.3, -0.25) is 15.6 Å². The van der Waals surface area contributed by atoms with Crippen molar-refractivity contribution < 1.29 is 18.0 Å². The molecular formula is C12H15F3N4O. The summed E-state index contributed by atoms with van der Waals surface area (Å²) in [5.41, 5.74) is 3.26. The van der Waals surface area contributed by atoms with E-state index in [1.807, 2.05) is 0 Å². The molecule has 0 bridgehead atoms. The fourth-order valence-corrected chi connectivity index (χ4v) is 1.95. The van der Waals surface area contributed by atoms with Gasteiger partial charge in [0, 0.05) is 17.9 Å². The number of halogens is 3. The topological polar surface area (TPSA) is 71.2 Å². The Kier molecular flexibility index (Phi) is 3.85. The number of amides is 1. The monoisotopic (exact) mass is 288 g/mol. The molecule has 3 N–H and O–H groups in total. The third kappa shape index (κ3) is 3.38. The molecule has 1 amide bonds. The van der Waals surface area contributed by atoms with Gasteiger partial charge in [0.25, 0.3) is 5.91 Å². The number of nitrogens with two attached hydrogens (primary N) is 1. The number of nitrogen functional groups attached to an aromatic ring is 1. The van der Waals surface area contributed by atoms with Crippen LogP contribution in [-0.2, 0) is 0 Å². The fourth-order valence-electron chi connectivity index (χ4n) is 1.95. The van der Waals surface area contributed by atoms with Crippen molar-refractivity contribution in [2.45, 2.75) is 32.0 Å². The second-order valence-corrected chi connectivity index (χ2v) is 4.80. The highest BCUT2D eigenvalue weighted by Gasteiger charge is 2.41.